The smallest absolute Gasteiger partial charge is 0.261 e. The SMILES string of the molecule is Nc1ccc2c(=O)n3c(nc2c1)/C(=C/c1ccc(F)cc1)CCC3. The second-order valence-corrected chi connectivity index (χ2v) is 5.99. The van der Waals surface area contributed by atoms with Crippen LogP contribution in [0.15, 0.2) is 47.3 Å². The first-order valence-electron chi connectivity index (χ1n) is 7.88. The highest BCUT2D eigenvalue weighted by Gasteiger charge is 2.18. The van der Waals surface area contributed by atoms with Crippen LogP contribution < -0.4 is 11.3 Å². The molecule has 4 rings (SSSR count). The summed E-state index contributed by atoms with van der Waals surface area (Å²) in [6.45, 7) is 0.655. The minimum atomic E-state index is -0.267. The van der Waals surface area contributed by atoms with Crippen molar-refractivity contribution in [2.45, 2.75) is 19.4 Å². The van der Waals surface area contributed by atoms with Crippen LogP contribution in [0.2, 0.25) is 0 Å². The molecule has 0 unspecified atom stereocenters. The predicted molar refractivity (Wildman–Crippen MR) is 93.9 cm³/mol. The first kappa shape index (κ1) is 14.6. The number of hydrogen-bond acceptors (Lipinski definition) is 3. The van der Waals surface area contributed by atoms with E-state index in [0.717, 1.165) is 24.0 Å². The number of benzene rings is 2. The summed E-state index contributed by atoms with van der Waals surface area (Å²) in [7, 11) is 0. The summed E-state index contributed by atoms with van der Waals surface area (Å²) >= 11 is 0. The summed E-state index contributed by atoms with van der Waals surface area (Å²) in [5, 5.41) is 0.580. The van der Waals surface area contributed by atoms with Gasteiger partial charge < -0.3 is 5.73 Å². The summed E-state index contributed by atoms with van der Waals surface area (Å²) in [6.07, 6.45) is 3.68. The molecule has 24 heavy (non-hydrogen) atoms. The Morgan fingerprint density at radius 1 is 1.17 bits per heavy atom. The van der Waals surface area contributed by atoms with Gasteiger partial charge in [-0.1, -0.05) is 12.1 Å². The lowest BCUT2D eigenvalue weighted by molar-refractivity contribution is 0.587. The van der Waals surface area contributed by atoms with Crippen LogP contribution in [0.3, 0.4) is 0 Å². The third kappa shape index (κ3) is 2.48. The molecule has 0 radical (unpaired) electrons. The zero-order valence-electron chi connectivity index (χ0n) is 13.0. The van der Waals surface area contributed by atoms with Crippen molar-refractivity contribution in [3.05, 3.63) is 70.0 Å². The first-order chi connectivity index (χ1) is 11.6. The summed E-state index contributed by atoms with van der Waals surface area (Å²) in [5.41, 5.74) is 8.84. The van der Waals surface area contributed by atoms with Gasteiger partial charge in [0.1, 0.15) is 11.6 Å². The Bertz CT molecular complexity index is 1020. The number of hydrogen-bond donors (Lipinski definition) is 1. The summed E-state index contributed by atoms with van der Waals surface area (Å²) in [6, 6.07) is 11.5. The van der Waals surface area contributed by atoms with E-state index in [0.29, 0.717) is 29.0 Å². The molecule has 2 heterocycles. The molecule has 1 aliphatic heterocycles. The standard InChI is InChI=1S/C19H16FN3O/c20-14-5-3-12(4-6-14)10-13-2-1-9-23-18(13)22-17-11-15(21)7-8-16(17)19(23)24/h3-8,10-11H,1-2,9,21H2/b13-10+. The monoisotopic (exact) mass is 321 g/mol. The summed E-state index contributed by atoms with van der Waals surface area (Å²) in [5.74, 6) is 0.408. The Morgan fingerprint density at radius 2 is 1.96 bits per heavy atom. The predicted octanol–water partition coefficient (Wildman–Crippen LogP) is 3.45. The second kappa shape index (κ2) is 5.60. The first-order valence-corrected chi connectivity index (χ1v) is 7.88. The maximum absolute atomic E-state index is 13.1. The van der Waals surface area contributed by atoms with Gasteiger partial charge in [-0.05, 0) is 60.4 Å². The van der Waals surface area contributed by atoms with Gasteiger partial charge in [0, 0.05) is 12.2 Å². The van der Waals surface area contributed by atoms with Crippen molar-refractivity contribution < 1.29 is 4.39 Å². The van der Waals surface area contributed by atoms with Gasteiger partial charge in [-0.25, -0.2) is 9.37 Å². The van der Waals surface area contributed by atoms with Gasteiger partial charge in [0.05, 0.1) is 10.9 Å². The molecule has 1 aliphatic rings. The molecule has 5 heteroatoms. The minimum Gasteiger partial charge on any atom is -0.399 e. The van der Waals surface area contributed by atoms with Crippen molar-refractivity contribution in [1.82, 2.24) is 9.55 Å². The Hall–Kier alpha value is -2.95. The van der Waals surface area contributed by atoms with E-state index in [4.69, 9.17) is 5.73 Å². The van der Waals surface area contributed by atoms with Gasteiger partial charge >= 0.3 is 0 Å². The number of aromatic nitrogens is 2. The van der Waals surface area contributed by atoms with Gasteiger partial charge in [-0.15, -0.1) is 0 Å². The fraction of sp³-hybridized carbons (Fsp3) is 0.158. The highest BCUT2D eigenvalue weighted by Crippen LogP contribution is 2.27. The van der Waals surface area contributed by atoms with Crippen LogP contribution in [-0.2, 0) is 6.54 Å². The topological polar surface area (TPSA) is 60.9 Å². The van der Waals surface area contributed by atoms with E-state index in [1.807, 2.05) is 6.08 Å². The van der Waals surface area contributed by atoms with Crippen molar-refractivity contribution in [1.29, 1.82) is 0 Å². The fourth-order valence-electron chi connectivity index (χ4n) is 3.13. The van der Waals surface area contributed by atoms with Crippen LogP contribution in [0.4, 0.5) is 10.1 Å². The molecular formula is C19H16FN3O. The molecule has 4 nitrogen and oxygen atoms in total. The summed E-state index contributed by atoms with van der Waals surface area (Å²) < 4.78 is 14.8. The lowest BCUT2D eigenvalue weighted by Crippen LogP contribution is -2.27. The average Bonchev–Trinajstić information content (AvgIpc) is 2.57. The number of nitrogen functional groups attached to an aromatic ring is 1. The molecule has 0 saturated carbocycles. The number of allylic oxidation sites excluding steroid dienone is 1. The van der Waals surface area contributed by atoms with Crippen molar-refractivity contribution in [3.63, 3.8) is 0 Å². The van der Waals surface area contributed by atoms with Crippen LogP contribution in [-0.4, -0.2) is 9.55 Å². The maximum Gasteiger partial charge on any atom is 0.261 e. The van der Waals surface area contributed by atoms with Crippen LogP contribution in [0, 0.1) is 5.82 Å². The molecule has 120 valence electrons. The number of rotatable bonds is 1. The molecule has 3 aromatic rings. The lowest BCUT2D eigenvalue weighted by atomic mass is 10.0. The van der Waals surface area contributed by atoms with Crippen LogP contribution in [0.1, 0.15) is 24.2 Å². The fourth-order valence-corrected chi connectivity index (χ4v) is 3.13. The van der Waals surface area contributed by atoms with Crippen LogP contribution in [0.25, 0.3) is 22.6 Å². The highest BCUT2D eigenvalue weighted by molar-refractivity contribution is 5.85. The zero-order chi connectivity index (χ0) is 16.7. The van der Waals surface area contributed by atoms with Gasteiger partial charge in [-0.3, -0.25) is 9.36 Å². The number of nitrogens with two attached hydrogens (primary N) is 1. The Balaban J connectivity index is 1.92. The van der Waals surface area contributed by atoms with Gasteiger partial charge in [-0.2, -0.15) is 0 Å². The van der Waals surface area contributed by atoms with E-state index in [-0.39, 0.29) is 11.4 Å². The summed E-state index contributed by atoms with van der Waals surface area (Å²) in [4.78, 5) is 17.4. The largest absolute Gasteiger partial charge is 0.399 e. The van der Waals surface area contributed by atoms with Crippen LogP contribution >= 0.6 is 0 Å². The third-order valence-corrected chi connectivity index (χ3v) is 4.31. The van der Waals surface area contributed by atoms with Crippen molar-refractivity contribution in [2.75, 3.05) is 5.73 Å². The molecule has 2 N–H and O–H groups in total. The van der Waals surface area contributed by atoms with Crippen molar-refractivity contribution in [2.24, 2.45) is 0 Å². The Morgan fingerprint density at radius 3 is 2.75 bits per heavy atom. The quantitative estimate of drug-likeness (QED) is 0.698. The molecule has 0 amide bonds. The minimum absolute atomic E-state index is 0.0419. The van der Waals surface area contributed by atoms with Crippen molar-refractivity contribution >= 4 is 28.2 Å². The molecule has 0 saturated heterocycles. The number of anilines is 1. The molecule has 0 atom stereocenters. The molecule has 0 fully saturated rings. The second-order valence-electron chi connectivity index (χ2n) is 5.99. The molecule has 1 aromatic heterocycles. The highest BCUT2D eigenvalue weighted by atomic mass is 19.1. The van der Waals surface area contributed by atoms with E-state index in [1.54, 1.807) is 34.9 Å². The molecule has 0 aliphatic carbocycles. The molecule has 2 aromatic carbocycles. The van der Waals surface area contributed by atoms with E-state index in [2.05, 4.69) is 4.98 Å². The third-order valence-electron chi connectivity index (χ3n) is 4.31. The number of halogens is 1. The normalized spacial score (nSPS) is 15.6. The molecule has 0 bridgehead atoms. The van der Waals surface area contributed by atoms with E-state index >= 15 is 0 Å². The van der Waals surface area contributed by atoms with Gasteiger partial charge in [0.2, 0.25) is 0 Å². The average molecular weight is 321 g/mol. The number of fused-ring (bicyclic) bond motifs is 2. The Kier molecular flexibility index (Phi) is 3.41. The zero-order valence-corrected chi connectivity index (χ0v) is 13.0. The van der Waals surface area contributed by atoms with E-state index < -0.39 is 0 Å². The lowest BCUT2D eigenvalue weighted by Gasteiger charge is -2.21. The molecular weight excluding hydrogens is 305 g/mol. The Labute approximate surface area is 138 Å². The van der Waals surface area contributed by atoms with Crippen molar-refractivity contribution in [3.8, 4) is 0 Å². The maximum atomic E-state index is 13.1. The van der Waals surface area contributed by atoms with E-state index in [1.165, 1.54) is 12.1 Å². The van der Waals surface area contributed by atoms with Gasteiger partial charge in [0.25, 0.3) is 5.56 Å². The number of nitrogens with zero attached hydrogens (tertiary/aromatic N) is 2. The van der Waals surface area contributed by atoms with Crippen LogP contribution in [0.5, 0.6) is 0 Å². The van der Waals surface area contributed by atoms with E-state index in [9.17, 15) is 9.18 Å². The van der Waals surface area contributed by atoms with Gasteiger partial charge in [0.15, 0.2) is 0 Å². The molecule has 0 spiro atoms.